The number of nitrogens with one attached hydrogen (secondary N) is 1. The zero-order valence-electron chi connectivity index (χ0n) is 17.0. The van der Waals surface area contributed by atoms with Crippen LogP contribution in [-0.2, 0) is 22.0 Å². The molecule has 0 bridgehead atoms. The second kappa shape index (κ2) is 8.28. The van der Waals surface area contributed by atoms with Gasteiger partial charge in [0.05, 0.1) is 22.5 Å². The van der Waals surface area contributed by atoms with Gasteiger partial charge < -0.3 is 4.57 Å². The highest BCUT2D eigenvalue weighted by molar-refractivity contribution is 14.1. The van der Waals surface area contributed by atoms with E-state index >= 15 is 0 Å². The summed E-state index contributed by atoms with van der Waals surface area (Å²) in [6.45, 7) is 6.48. The Bertz CT molecular complexity index is 979. The van der Waals surface area contributed by atoms with Gasteiger partial charge in [0.25, 0.3) is 0 Å². The van der Waals surface area contributed by atoms with Gasteiger partial charge in [-0.2, -0.15) is 0 Å². The maximum Gasteiger partial charge on any atom is 0.248 e. The van der Waals surface area contributed by atoms with Gasteiger partial charge in [-0.25, -0.2) is 22.2 Å². The Morgan fingerprint density at radius 2 is 1.97 bits per heavy atom. The number of rotatable bonds is 7. The third kappa shape index (κ3) is 5.21. The minimum Gasteiger partial charge on any atom is -0.327 e. The van der Waals surface area contributed by atoms with E-state index in [4.69, 9.17) is 4.98 Å². The van der Waals surface area contributed by atoms with Crippen LogP contribution in [0.4, 0.5) is 14.5 Å². The Morgan fingerprint density at radius 3 is 2.55 bits per heavy atom. The van der Waals surface area contributed by atoms with Crippen LogP contribution < -0.4 is 4.72 Å². The van der Waals surface area contributed by atoms with E-state index in [1.807, 2.05) is 6.07 Å². The summed E-state index contributed by atoms with van der Waals surface area (Å²) in [6, 6.07) is 5.37. The highest BCUT2D eigenvalue weighted by Gasteiger charge is 2.36. The summed E-state index contributed by atoms with van der Waals surface area (Å²) < 4.78 is 56.5. The molecule has 1 fully saturated rings. The molecule has 5 nitrogen and oxygen atoms in total. The number of sulfonamides is 1. The van der Waals surface area contributed by atoms with E-state index in [1.165, 1.54) is 0 Å². The van der Waals surface area contributed by atoms with Crippen LogP contribution in [0.1, 0.15) is 52.3 Å². The molecule has 1 aliphatic carbocycles. The number of nitrogens with zero attached hydrogens (tertiary/aromatic N) is 2. The first-order valence-electron chi connectivity index (χ1n) is 9.91. The second-order valence-electron chi connectivity index (χ2n) is 8.57. The molecule has 0 amide bonds. The van der Waals surface area contributed by atoms with Gasteiger partial charge in [0.1, 0.15) is 5.82 Å². The van der Waals surface area contributed by atoms with Crippen LogP contribution in [0.25, 0.3) is 11.0 Å². The highest BCUT2D eigenvalue weighted by Crippen LogP contribution is 2.38. The summed E-state index contributed by atoms with van der Waals surface area (Å²) in [6.07, 6.45) is 0.896. The van der Waals surface area contributed by atoms with Crippen LogP contribution in [0.3, 0.4) is 0 Å². The standard InChI is InChI=1S/C20H28F2IN3O2S/c1-4-29(27,28)25-15-5-6-17-16(11-15)24-18(19(2,3)13-23)26(17)12-14-7-9-20(21,22)10-8-14/h5-6,11,14,25H,4,7-10,12-13H2,1-3H3. The fraction of sp³-hybridized carbons (Fsp3) is 0.650. The van der Waals surface area contributed by atoms with Crippen LogP contribution >= 0.6 is 22.6 Å². The van der Waals surface area contributed by atoms with Crippen LogP contribution in [0.5, 0.6) is 0 Å². The first kappa shape index (κ1) is 22.7. The van der Waals surface area contributed by atoms with Crippen molar-refractivity contribution in [2.24, 2.45) is 5.92 Å². The average molecular weight is 539 g/mol. The van der Waals surface area contributed by atoms with Crippen molar-refractivity contribution in [1.82, 2.24) is 9.55 Å². The molecule has 0 aliphatic heterocycles. The third-order valence-electron chi connectivity index (χ3n) is 5.62. The fourth-order valence-corrected chi connectivity index (χ4v) is 4.72. The quantitative estimate of drug-likeness (QED) is 0.382. The molecule has 1 heterocycles. The van der Waals surface area contributed by atoms with E-state index in [0.29, 0.717) is 25.1 Å². The Kier molecular flexibility index (Phi) is 6.48. The van der Waals surface area contributed by atoms with Gasteiger partial charge in [-0.05, 0) is 43.9 Å². The monoisotopic (exact) mass is 539 g/mol. The maximum atomic E-state index is 13.6. The molecule has 2 aromatic rings. The number of fused-ring (bicyclic) bond motifs is 1. The first-order valence-corrected chi connectivity index (χ1v) is 13.1. The first-order chi connectivity index (χ1) is 13.5. The van der Waals surface area contributed by atoms with Crippen LogP contribution in [0.15, 0.2) is 18.2 Å². The molecule has 1 aliphatic rings. The Balaban J connectivity index is 1.98. The number of imidazole rings is 1. The smallest absolute Gasteiger partial charge is 0.248 e. The number of hydrogen-bond acceptors (Lipinski definition) is 3. The summed E-state index contributed by atoms with van der Waals surface area (Å²) in [5.74, 6) is -1.44. The van der Waals surface area contributed by atoms with Gasteiger partial charge >= 0.3 is 0 Å². The predicted molar refractivity (Wildman–Crippen MR) is 122 cm³/mol. The molecule has 0 unspecified atom stereocenters. The van der Waals surface area contributed by atoms with Crippen molar-refractivity contribution in [3.63, 3.8) is 0 Å². The molecule has 0 spiro atoms. The summed E-state index contributed by atoms with van der Waals surface area (Å²) in [5.41, 5.74) is 1.92. The largest absolute Gasteiger partial charge is 0.327 e. The molecular formula is C20H28F2IN3O2S. The van der Waals surface area contributed by atoms with Gasteiger partial charge in [0.2, 0.25) is 15.9 Å². The number of hydrogen-bond donors (Lipinski definition) is 1. The predicted octanol–water partition coefficient (Wildman–Crippen LogP) is 5.34. The lowest BCUT2D eigenvalue weighted by Gasteiger charge is -2.30. The van der Waals surface area contributed by atoms with Crippen molar-refractivity contribution in [3.8, 4) is 0 Å². The van der Waals surface area contributed by atoms with E-state index in [9.17, 15) is 17.2 Å². The van der Waals surface area contributed by atoms with Gasteiger partial charge in [-0.1, -0.05) is 36.4 Å². The number of anilines is 1. The molecular weight excluding hydrogens is 511 g/mol. The van der Waals surface area contributed by atoms with Crippen molar-refractivity contribution in [1.29, 1.82) is 0 Å². The van der Waals surface area contributed by atoms with Crippen LogP contribution in [0.2, 0.25) is 0 Å². The molecule has 3 rings (SSSR count). The van der Waals surface area contributed by atoms with Gasteiger partial charge in [0.15, 0.2) is 0 Å². The van der Waals surface area contributed by atoms with Crippen LogP contribution in [-0.4, -0.2) is 34.1 Å². The number of halogens is 3. The van der Waals surface area contributed by atoms with Crippen molar-refractivity contribution in [2.75, 3.05) is 14.9 Å². The Labute approximate surface area is 184 Å². The molecule has 1 aromatic carbocycles. The minimum absolute atomic E-state index is 0.00108. The summed E-state index contributed by atoms with van der Waals surface area (Å²) in [5, 5.41) is 0. The lowest BCUT2D eigenvalue weighted by molar-refractivity contribution is -0.0473. The van der Waals surface area contributed by atoms with Gasteiger partial charge in [0, 0.05) is 29.2 Å². The van der Waals surface area contributed by atoms with E-state index in [2.05, 4.69) is 45.7 Å². The van der Waals surface area contributed by atoms with E-state index < -0.39 is 15.9 Å². The van der Waals surface area contributed by atoms with E-state index in [0.717, 1.165) is 21.3 Å². The fourth-order valence-electron chi connectivity index (χ4n) is 3.75. The molecule has 1 aromatic heterocycles. The summed E-state index contributed by atoms with van der Waals surface area (Å²) in [4.78, 5) is 4.84. The van der Waals surface area contributed by atoms with Crippen molar-refractivity contribution in [3.05, 3.63) is 24.0 Å². The SMILES string of the molecule is CCS(=O)(=O)Nc1ccc2c(c1)nc(C(C)(C)CI)n2CC1CCC(F)(F)CC1. The normalized spacial score (nSPS) is 18.3. The molecule has 0 radical (unpaired) electrons. The van der Waals surface area contributed by atoms with E-state index in [-0.39, 0.29) is 29.9 Å². The Hall–Kier alpha value is -0.970. The number of aromatic nitrogens is 2. The zero-order valence-corrected chi connectivity index (χ0v) is 20.0. The number of benzene rings is 1. The maximum absolute atomic E-state index is 13.6. The molecule has 0 saturated heterocycles. The molecule has 29 heavy (non-hydrogen) atoms. The van der Waals surface area contributed by atoms with Crippen LogP contribution in [0, 0.1) is 5.92 Å². The lowest BCUT2D eigenvalue weighted by Crippen LogP contribution is -2.29. The molecule has 9 heteroatoms. The Morgan fingerprint density at radius 1 is 1.31 bits per heavy atom. The molecule has 0 atom stereocenters. The van der Waals surface area contributed by atoms with E-state index in [1.54, 1.807) is 19.1 Å². The molecule has 1 N–H and O–H groups in total. The zero-order chi connectivity index (χ0) is 21.4. The average Bonchev–Trinajstić information content (AvgIpc) is 3.01. The van der Waals surface area contributed by atoms with Crippen molar-refractivity contribution < 1.29 is 17.2 Å². The molecule has 162 valence electrons. The van der Waals surface area contributed by atoms with Crippen molar-refractivity contribution in [2.45, 2.75) is 64.3 Å². The van der Waals surface area contributed by atoms with Gasteiger partial charge in [-0.3, -0.25) is 4.72 Å². The molecule has 1 saturated carbocycles. The lowest BCUT2D eigenvalue weighted by atomic mass is 9.86. The summed E-state index contributed by atoms with van der Waals surface area (Å²) in [7, 11) is -3.37. The highest BCUT2D eigenvalue weighted by atomic mass is 127. The summed E-state index contributed by atoms with van der Waals surface area (Å²) >= 11 is 2.34. The topological polar surface area (TPSA) is 64.0 Å². The second-order valence-corrected chi connectivity index (χ2v) is 11.3. The van der Waals surface area contributed by atoms with Gasteiger partial charge in [-0.15, -0.1) is 0 Å². The third-order valence-corrected chi connectivity index (χ3v) is 8.83. The number of alkyl halides is 3. The minimum atomic E-state index is -3.37. The van der Waals surface area contributed by atoms with Crippen molar-refractivity contribution >= 4 is 49.3 Å².